The Balaban J connectivity index is 2.34. The van der Waals surface area contributed by atoms with Crippen LogP contribution in [0.1, 0.15) is 13.3 Å². The van der Waals surface area contributed by atoms with Crippen LogP contribution in [0.3, 0.4) is 0 Å². The average molecular weight is 272 g/mol. The third-order valence-electron chi connectivity index (χ3n) is 2.38. The molecule has 1 saturated heterocycles. The number of epoxide rings is 1. The van der Waals surface area contributed by atoms with Gasteiger partial charge in [-0.2, -0.15) is 0 Å². The van der Waals surface area contributed by atoms with Crippen LogP contribution in [0.25, 0.3) is 0 Å². The summed E-state index contributed by atoms with van der Waals surface area (Å²) < 4.78 is 14.4. The summed E-state index contributed by atoms with van der Waals surface area (Å²) in [6.07, 6.45) is -0.266. The fourth-order valence-corrected chi connectivity index (χ4v) is 1.17. The van der Waals surface area contributed by atoms with Gasteiger partial charge in [-0.3, -0.25) is 9.59 Å². The number of aliphatic carboxylic acids is 1. The van der Waals surface area contributed by atoms with Gasteiger partial charge in [-0.15, -0.1) is 0 Å². The maximum absolute atomic E-state index is 11.5. The lowest BCUT2D eigenvalue weighted by atomic mass is 10.1. The summed E-state index contributed by atoms with van der Waals surface area (Å²) >= 11 is 0. The largest absolute Gasteiger partial charge is 0.481 e. The summed E-state index contributed by atoms with van der Waals surface area (Å²) in [5.74, 6) is -4.14. The second-order valence-corrected chi connectivity index (χ2v) is 4.18. The van der Waals surface area contributed by atoms with E-state index < -0.39 is 23.8 Å². The molecule has 0 aromatic carbocycles. The van der Waals surface area contributed by atoms with Crippen LogP contribution in [-0.4, -0.2) is 48.9 Å². The number of rotatable bonds is 8. The molecule has 0 radical (unpaired) electrons. The molecule has 1 rings (SSSR count). The van der Waals surface area contributed by atoms with E-state index in [1.54, 1.807) is 0 Å². The predicted octanol–water partition coefficient (Wildman–Crippen LogP) is 0.139. The number of esters is 2. The van der Waals surface area contributed by atoms with E-state index in [4.69, 9.17) is 19.3 Å². The van der Waals surface area contributed by atoms with E-state index in [9.17, 15) is 14.4 Å². The number of carboxylic acid groups (broad SMARTS) is 1. The molecule has 1 fully saturated rings. The van der Waals surface area contributed by atoms with Crippen LogP contribution in [0.2, 0.25) is 0 Å². The number of hydrogen-bond acceptors (Lipinski definition) is 6. The maximum atomic E-state index is 11.5. The van der Waals surface area contributed by atoms with Gasteiger partial charge in [-0.1, -0.05) is 6.58 Å². The van der Waals surface area contributed by atoms with Gasteiger partial charge in [0.2, 0.25) is 0 Å². The summed E-state index contributed by atoms with van der Waals surface area (Å²) in [6, 6.07) is 0. The molecule has 106 valence electrons. The number of carbonyl (C=O) groups is 3. The topological polar surface area (TPSA) is 102 Å². The predicted molar refractivity (Wildman–Crippen MR) is 62.2 cm³/mol. The van der Waals surface area contributed by atoms with Crippen LogP contribution in [0, 0.1) is 5.92 Å². The molecule has 0 aliphatic carbocycles. The molecule has 2 atom stereocenters. The first-order valence-corrected chi connectivity index (χ1v) is 5.75. The molecule has 0 aromatic heterocycles. The van der Waals surface area contributed by atoms with Crippen molar-refractivity contribution in [1.29, 1.82) is 0 Å². The van der Waals surface area contributed by atoms with Crippen LogP contribution in [0.5, 0.6) is 0 Å². The van der Waals surface area contributed by atoms with Gasteiger partial charge < -0.3 is 19.3 Å². The fourth-order valence-electron chi connectivity index (χ4n) is 1.17. The summed E-state index contributed by atoms with van der Waals surface area (Å²) in [6.45, 7) is 5.24. The standard InChI is InChI=1S/C12H16O7/c1-7(2)11(15)17-4-3-9(10(13)14)12(16)19-6-8-5-18-8/h8-9H,1,3-6H2,2H3,(H,13,14). The molecule has 2 unspecified atom stereocenters. The molecule has 7 heteroatoms. The monoisotopic (exact) mass is 272 g/mol. The first kappa shape index (κ1) is 15.2. The first-order valence-electron chi connectivity index (χ1n) is 5.75. The molecule has 19 heavy (non-hydrogen) atoms. The van der Waals surface area contributed by atoms with Crippen molar-refractivity contribution in [1.82, 2.24) is 0 Å². The van der Waals surface area contributed by atoms with E-state index in [0.29, 0.717) is 6.61 Å². The van der Waals surface area contributed by atoms with Gasteiger partial charge in [0.1, 0.15) is 12.7 Å². The second kappa shape index (κ2) is 6.89. The summed E-state index contributed by atoms with van der Waals surface area (Å²) in [4.78, 5) is 33.5. The van der Waals surface area contributed by atoms with Crippen molar-refractivity contribution in [3.8, 4) is 0 Å². The second-order valence-electron chi connectivity index (χ2n) is 4.18. The number of carboxylic acids is 1. The summed E-state index contributed by atoms with van der Waals surface area (Å²) in [7, 11) is 0. The van der Waals surface area contributed by atoms with Gasteiger partial charge in [0.05, 0.1) is 13.2 Å². The Morgan fingerprint density at radius 1 is 1.42 bits per heavy atom. The highest BCUT2D eigenvalue weighted by atomic mass is 16.6. The number of hydrogen-bond donors (Lipinski definition) is 1. The molecule has 1 N–H and O–H groups in total. The van der Waals surface area contributed by atoms with Crippen molar-refractivity contribution >= 4 is 17.9 Å². The van der Waals surface area contributed by atoms with Crippen molar-refractivity contribution in [2.24, 2.45) is 5.92 Å². The quantitative estimate of drug-likeness (QED) is 0.290. The zero-order valence-corrected chi connectivity index (χ0v) is 10.6. The van der Waals surface area contributed by atoms with E-state index >= 15 is 0 Å². The Hall–Kier alpha value is -1.89. The summed E-state index contributed by atoms with van der Waals surface area (Å²) in [5, 5.41) is 8.91. The van der Waals surface area contributed by atoms with Gasteiger partial charge in [-0.25, -0.2) is 4.79 Å². The Morgan fingerprint density at radius 3 is 2.53 bits per heavy atom. The molecule has 0 spiro atoms. The Labute approximate surface area is 110 Å². The van der Waals surface area contributed by atoms with E-state index in [2.05, 4.69) is 6.58 Å². The number of ether oxygens (including phenoxy) is 3. The third-order valence-corrected chi connectivity index (χ3v) is 2.38. The molecule has 1 aliphatic rings. The zero-order chi connectivity index (χ0) is 14.4. The minimum atomic E-state index is -1.35. The van der Waals surface area contributed by atoms with E-state index in [1.807, 2.05) is 0 Å². The normalized spacial score (nSPS) is 18.3. The minimum Gasteiger partial charge on any atom is -0.481 e. The van der Waals surface area contributed by atoms with Crippen LogP contribution in [0.4, 0.5) is 0 Å². The fraction of sp³-hybridized carbons (Fsp3) is 0.583. The van der Waals surface area contributed by atoms with Gasteiger partial charge in [-0.05, 0) is 6.92 Å². The summed E-state index contributed by atoms with van der Waals surface area (Å²) in [5.41, 5.74) is 0.209. The van der Waals surface area contributed by atoms with Crippen LogP contribution in [-0.2, 0) is 28.6 Å². The van der Waals surface area contributed by atoms with Crippen LogP contribution >= 0.6 is 0 Å². The molecule has 0 aromatic rings. The van der Waals surface area contributed by atoms with Crippen LogP contribution < -0.4 is 0 Å². The average Bonchev–Trinajstić information content (AvgIpc) is 3.14. The van der Waals surface area contributed by atoms with Crippen molar-refractivity contribution in [3.05, 3.63) is 12.2 Å². The Morgan fingerprint density at radius 2 is 2.05 bits per heavy atom. The van der Waals surface area contributed by atoms with E-state index in [0.717, 1.165) is 0 Å². The highest BCUT2D eigenvalue weighted by Gasteiger charge is 2.31. The number of carbonyl (C=O) groups excluding carboxylic acids is 2. The van der Waals surface area contributed by atoms with Gasteiger partial charge >= 0.3 is 17.9 Å². The highest BCUT2D eigenvalue weighted by Crippen LogP contribution is 2.12. The molecular formula is C12H16O7. The molecule has 1 heterocycles. The molecule has 7 nitrogen and oxygen atoms in total. The highest BCUT2D eigenvalue weighted by molar-refractivity contribution is 5.94. The Kier molecular flexibility index (Phi) is 5.50. The van der Waals surface area contributed by atoms with Crippen molar-refractivity contribution in [2.75, 3.05) is 19.8 Å². The molecular weight excluding hydrogens is 256 g/mol. The lowest BCUT2D eigenvalue weighted by Crippen LogP contribution is -2.28. The zero-order valence-electron chi connectivity index (χ0n) is 10.6. The first-order chi connectivity index (χ1) is 8.91. The lowest BCUT2D eigenvalue weighted by molar-refractivity contribution is -0.161. The van der Waals surface area contributed by atoms with Crippen molar-refractivity contribution in [2.45, 2.75) is 19.4 Å². The molecule has 0 saturated carbocycles. The van der Waals surface area contributed by atoms with Crippen LogP contribution in [0.15, 0.2) is 12.2 Å². The minimum absolute atomic E-state index is 0.0498. The molecule has 0 amide bonds. The lowest BCUT2D eigenvalue weighted by Gasteiger charge is -2.11. The SMILES string of the molecule is C=C(C)C(=O)OCCC(C(=O)O)C(=O)OCC1CO1. The maximum Gasteiger partial charge on any atom is 0.333 e. The van der Waals surface area contributed by atoms with Gasteiger partial charge in [0.25, 0.3) is 0 Å². The third kappa shape index (κ3) is 5.52. The van der Waals surface area contributed by atoms with Crippen molar-refractivity contribution in [3.63, 3.8) is 0 Å². The smallest absolute Gasteiger partial charge is 0.333 e. The van der Waals surface area contributed by atoms with Gasteiger partial charge in [0.15, 0.2) is 5.92 Å². The van der Waals surface area contributed by atoms with E-state index in [1.165, 1.54) is 6.92 Å². The van der Waals surface area contributed by atoms with Crippen molar-refractivity contribution < 1.29 is 33.7 Å². The molecule has 1 aliphatic heterocycles. The molecule has 0 bridgehead atoms. The van der Waals surface area contributed by atoms with E-state index in [-0.39, 0.29) is 31.3 Å². The Bertz CT molecular complexity index is 384. The van der Waals surface area contributed by atoms with Gasteiger partial charge in [0, 0.05) is 12.0 Å².